The van der Waals surface area contributed by atoms with Crippen LogP contribution in [-0.2, 0) is 11.2 Å². The Morgan fingerprint density at radius 3 is 2.10 bits per heavy atom. The molecule has 8 atom stereocenters. The number of fused-ring (bicyclic) bond motifs is 6. The molecule has 1 saturated heterocycles. The summed E-state index contributed by atoms with van der Waals surface area (Å²) in [4.78, 5) is 0. The summed E-state index contributed by atoms with van der Waals surface area (Å²) in [5, 5.41) is 0.904. The van der Waals surface area contributed by atoms with E-state index in [0.717, 1.165) is 66.4 Å². The van der Waals surface area contributed by atoms with Gasteiger partial charge in [-0.25, -0.2) is 23.2 Å². The topological polar surface area (TPSA) is 9.23 Å². The standard InChI is InChI=1S/C30H45FOS.C17H34F2S.C5H12/c1-5-33(3,4)28-19-26-24-18-27(31)25-17-20(16-21-8-6-7-15-32-21)9-10-22(25)23(24)11-12-29(26,2)30(28)13-14-30;1-5-6-7-8-9-10-11-14-20-15-12-13-17(4,19)16(2,3)18;1-4-5(2)3/h9-10,17,21,23-24,26-28H,5-8,11-16,18-19H2,1-4H3;5-15H2,1-4H3;5H,4H2,1-3H3. The van der Waals surface area contributed by atoms with Crippen molar-refractivity contribution in [2.45, 2.75) is 226 Å². The minimum absolute atomic E-state index is 0.320. The van der Waals surface area contributed by atoms with Gasteiger partial charge in [-0.2, -0.15) is 11.8 Å². The van der Waals surface area contributed by atoms with E-state index in [2.05, 4.69) is 72.3 Å². The van der Waals surface area contributed by atoms with Gasteiger partial charge in [0.2, 0.25) is 0 Å². The monoisotopic (exact) mass is 853 g/mol. The number of hydrogen-bond acceptors (Lipinski definition) is 2. The number of rotatable bonds is 18. The predicted octanol–water partition coefficient (Wildman–Crippen LogP) is 16.7. The van der Waals surface area contributed by atoms with E-state index in [9.17, 15) is 8.78 Å². The zero-order chi connectivity index (χ0) is 42.8. The zero-order valence-electron chi connectivity index (χ0n) is 39.6. The molecule has 4 aliphatic carbocycles. The molecule has 58 heavy (non-hydrogen) atoms. The fourth-order valence-electron chi connectivity index (χ4n) is 11.3. The molecule has 0 N–H and O–H groups in total. The van der Waals surface area contributed by atoms with Crippen LogP contribution in [0.1, 0.15) is 213 Å². The average Bonchev–Trinajstić information content (AvgIpc) is 3.94. The molecule has 338 valence electrons. The summed E-state index contributed by atoms with van der Waals surface area (Å²) in [6, 6.07) is 6.87. The van der Waals surface area contributed by atoms with Gasteiger partial charge in [0.1, 0.15) is 17.5 Å². The van der Waals surface area contributed by atoms with E-state index in [1.165, 1.54) is 134 Å². The zero-order valence-corrected chi connectivity index (χ0v) is 41.2. The molecule has 1 aromatic carbocycles. The largest absolute Gasteiger partial charge is 0.378 e. The molecule has 5 aliphatic rings. The lowest BCUT2D eigenvalue weighted by atomic mass is 9.53. The number of hydrogen-bond donors (Lipinski definition) is 0. The van der Waals surface area contributed by atoms with Crippen LogP contribution < -0.4 is 0 Å². The van der Waals surface area contributed by atoms with Gasteiger partial charge in [-0.05, 0) is 190 Å². The lowest BCUT2D eigenvalue weighted by Gasteiger charge is -2.52. The SMILES string of the molecule is CCC(C)C.CCCCCCCCCSCCCC(C)(F)C(C)(C)F.CCS(C)(C)C1CC2C3CC(F)c4cc(CC5CCCCO5)ccc4C3CCC2(C)C12CC2. The smallest absolute Gasteiger partial charge is 0.141 e. The first kappa shape index (κ1) is 50.3. The molecular formula is C52H91F3OS2. The molecule has 0 radical (unpaired) electrons. The van der Waals surface area contributed by atoms with Crippen LogP contribution in [0.15, 0.2) is 18.2 Å². The van der Waals surface area contributed by atoms with Gasteiger partial charge < -0.3 is 4.74 Å². The third-order valence-electron chi connectivity index (χ3n) is 16.3. The number of alkyl halides is 3. The van der Waals surface area contributed by atoms with Crippen molar-refractivity contribution in [3.05, 3.63) is 34.9 Å². The van der Waals surface area contributed by atoms with Crippen molar-refractivity contribution in [2.75, 3.05) is 36.4 Å². The van der Waals surface area contributed by atoms with E-state index < -0.39 is 27.5 Å². The Balaban J connectivity index is 0.000000256. The van der Waals surface area contributed by atoms with Crippen molar-refractivity contribution < 1.29 is 17.9 Å². The Labute approximate surface area is 363 Å². The van der Waals surface area contributed by atoms with Crippen LogP contribution >= 0.6 is 21.8 Å². The third-order valence-corrected chi connectivity index (χ3v) is 21.2. The Morgan fingerprint density at radius 1 is 0.862 bits per heavy atom. The normalized spacial score (nSPS) is 29.9. The molecule has 3 saturated carbocycles. The number of ether oxygens (including phenoxy) is 1. The molecular weight excluding hydrogens is 762 g/mol. The molecule has 1 spiro atoms. The van der Waals surface area contributed by atoms with Crippen LogP contribution in [0.5, 0.6) is 0 Å². The van der Waals surface area contributed by atoms with Gasteiger partial charge in [0.05, 0.1) is 6.10 Å². The average molecular weight is 853 g/mol. The Hall–Kier alpha value is -0.330. The predicted molar refractivity (Wildman–Crippen MR) is 254 cm³/mol. The highest BCUT2D eigenvalue weighted by molar-refractivity contribution is 8.33. The summed E-state index contributed by atoms with van der Waals surface area (Å²) in [6.45, 7) is 18.9. The van der Waals surface area contributed by atoms with Crippen molar-refractivity contribution >= 4 is 21.8 Å². The van der Waals surface area contributed by atoms with E-state index in [1.54, 1.807) is 0 Å². The summed E-state index contributed by atoms with van der Waals surface area (Å²) >= 11 is 1.88. The number of benzene rings is 1. The maximum Gasteiger partial charge on any atom is 0.141 e. The Kier molecular flexibility index (Phi) is 19.4. The van der Waals surface area contributed by atoms with Gasteiger partial charge in [-0.1, -0.05) is 105 Å². The van der Waals surface area contributed by atoms with Crippen molar-refractivity contribution in [1.29, 1.82) is 0 Å². The van der Waals surface area contributed by atoms with Crippen molar-refractivity contribution in [1.82, 2.24) is 0 Å². The van der Waals surface area contributed by atoms with E-state index in [4.69, 9.17) is 4.74 Å². The van der Waals surface area contributed by atoms with Gasteiger partial charge in [-0.15, -0.1) is 0 Å². The molecule has 0 aromatic heterocycles. The second-order valence-electron chi connectivity index (χ2n) is 21.3. The second kappa shape index (κ2) is 22.3. The first-order valence-electron chi connectivity index (χ1n) is 24.4. The molecule has 1 heterocycles. The summed E-state index contributed by atoms with van der Waals surface area (Å²) in [5.41, 5.74) is 1.28. The van der Waals surface area contributed by atoms with Crippen LogP contribution in [0.3, 0.4) is 0 Å². The molecule has 8 unspecified atom stereocenters. The molecule has 6 heteroatoms. The number of thioether (sulfide) groups is 1. The van der Waals surface area contributed by atoms with Crippen LogP contribution in [0.4, 0.5) is 13.2 Å². The van der Waals surface area contributed by atoms with Gasteiger partial charge in [0.25, 0.3) is 0 Å². The minimum atomic E-state index is -1.74. The van der Waals surface area contributed by atoms with Gasteiger partial charge in [0, 0.05) is 6.61 Å². The summed E-state index contributed by atoms with van der Waals surface area (Å²) in [6.07, 6.45) is 28.7. The van der Waals surface area contributed by atoms with E-state index >= 15 is 4.39 Å². The highest BCUT2D eigenvalue weighted by Crippen LogP contribution is 2.81. The fraction of sp³-hybridized carbons (Fsp3) is 0.885. The molecule has 1 nitrogen and oxygen atoms in total. The third kappa shape index (κ3) is 12.7. The van der Waals surface area contributed by atoms with Crippen molar-refractivity contribution in [3.8, 4) is 0 Å². The maximum absolute atomic E-state index is 15.9. The fourth-order valence-corrected chi connectivity index (χ4v) is 15.1. The molecule has 1 aromatic rings. The van der Waals surface area contributed by atoms with E-state index in [0.29, 0.717) is 35.2 Å². The summed E-state index contributed by atoms with van der Waals surface area (Å²) in [5.74, 6) is 6.20. The van der Waals surface area contributed by atoms with Crippen LogP contribution in [0.25, 0.3) is 0 Å². The van der Waals surface area contributed by atoms with Crippen LogP contribution in [-0.4, -0.2) is 59.1 Å². The highest BCUT2D eigenvalue weighted by atomic mass is 32.3. The van der Waals surface area contributed by atoms with Gasteiger partial charge in [-0.3, -0.25) is 0 Å². The molecule has 4 fully saturated rings. The second-order valence-corrected chi connectivity index (χ2v) is 26.9. The number of unbranched alkanes of at least 4 members (excludes halogenated alkanes) is 6. The Bertz CT molecular complexity index is 1340. The first-order chi connectivity index (χ1) is 27.4. The van der Waals surface area contributed by atoms with Crippen LogP contribution in [0, 0.1) is 28.6 Å². The summed E-state index contributed by atoms with van der Waals surface area (Å²) < 4.78 is 49.4. The van der Waals surface area contributed by atoms with E-state index in [1.807, 2.05) is 11.8 Å². The first-order valence-corrected chi connectivity index (χ1v) is 28.2. The van der Waals surface area contributed by atoms with Crippen LogP contribution in [0.2, 0.25) is 0 Å². The Morgan fingerprint density at radius 2 is 1.52 bits per heavy atom. The highest BCUT2D eigenvalue weighted by Gasteiger charge is 2.72. The molecule has 1 aliphatic heterocycles. The maximum atomic E-state index is 15.9. The van der Waals surface area contributed by atoms with Crippen molar-refractivity contribution in [2.24, 2.45) is 28.6 Å². The number of halogens is 3. The molecule has 0 bridgehead atoms. The quantitative estimate of drug-likeness (QED) is 0.136. The molecule has 0 amide bonds. The lowest BCUT2D eigenvalue weighted by Crippen LogP contribution is -2.44. The van der Waals surface area contributed by atoms with Gasteiger partial charge >= 0.3 is 0 Å². The van der Waals surface area contributed by atoms with Crippen molar-refractivity contribution in [3.63, 3.8) is 0 Å². The molecule has 6 rings (SSSR count). The summed E-state index contributed by atoms with van der Waals surface area (Å²) in [7, 11) is -0.577. The van der Waals surface area contributed by atoms with Gasteiger partial charge in [0.15, 0.2) is 0 Å². The lowest BCUT2D eigenvalue weighted by molar-refractivity contribution is -0.00708. The minimum Gasteiger partial charge on any atom is -0.378 e. The van der Waals surface area contributed by atoms with E-state index in [-0.39, 0.29) is 0 Å².